The largest absolute Gasteiger partial charge is 0.478 e. The summed E-state index contributed by atoms with van der Waals surface area (Å²) < 4.78 is 5.97. The summed E-state index contributed by atoms with van der Waals surface area (Å²) in [5.41, 5.74) is 4.18. The summed E-state index contributed by atoms with van der Waals surface area (Å²) in [5.74, 6) is 0.130. The lowest BCUT2D eigenvalue weighted by Gasteiger charge is -2.37. The molecular formula is C25H27N3O3S. The number of fused-ring (bicyclic) bond motifs is 1. The lowest BCUT2D eigenvalue weighted by molar-refractivity contribution is -0.129. The van der Waals surface area contributed by atoms with Crippen molar-refractivity contribution in [2.45, 2.75) is 53.2 Å². The molecule has 1 aliphatic rings. The van der Waals surface area contributed by atoms with Gasteiger partial charge in [0.2, 0.25) is 5.91 Å². The van der Waals surface area contributed by atoms with Crippen molar-refractivity contribution in [2.24, 2.45) is 0 Å². The highest BCUT2D eigenvalue weighted by molar-refractivity contribution is 7.11. The van der Waals surface area contributed by atoms with Gasteiger partial charge in [-0.25, -0.2) is 4.98 Å². The first kappa shape index (κ1) is 22.0. The van der Waals surface area contributed by atoms with Crippen molar-refractivity contribution in [2.75, 3.05) is 10.2 Å². The van der Waals surface area contributed by atoms with Crippen molar-refractivity contribution in [3.8, 4) is 17.0 Å². The summed E-state index contributed by atoms with van der Waals surface area (Å²) in [6.07, 6.45) is -0.0982. The van der Waals surface area contributed by atoms with E-state index >= 15 is 0 Å². The minimum atomic E-state index is -0.714. The van der Waals surface area contributed by atoms with Gasteiger partial charge in [-0.3, -0.25) is 14.5 Å². The van der Waals surface area contributed by atoms with Gasteiger partial charge in [0.05, 0.1) is 16.4 Å². The molecule has 0 saturated heterocycles. The van der Waals surface area contributed by atoms with Gasteiger partial charge in [0, 0.05) is 16.1 Å². The number of aryl methyl sites for hydroxylation is 3. The number of carbonyl (C=O) groups excluding carboxylic acids is 2. The smallest absolute Gasteiger partial charge is 0.268 e. The van der Waals surface area contributed by atoms with E-state index in [1.807, 2.05) is 70.2 Å². The molecular weight excluding hydrogens is 422 g/mol. The number of hydrogen-bond donors (Lipinski definition) is 1. The highest BCUT2D eigenvalue weighted by Gasteiger charge is 2.38. The SMILES string of the molecule is CCC1Oc2ccc(-c3nc(C)sc3C)cc2N(C(C)C(=O)Nc2ccc(C)cc2)C1=O. The van der Waals surface area contributed by atoms with Gasteiger partial charge in [0.15, 0.2) is 6.10 Å². The second-order valence-corrected chi connectivity index (χ2v) is 9.48. The van der Waals surface area contributed by atoms with Crippen LogP contribution in [0.3, 0.4) is 0 Å². The van der Waals surface area contributed by atoms with Crippen LogP contribution in [0.15, 0.2) is 42.5 Å². The number of anilines is 2. The minimum Gasteiger partial charge on any atom is -0.478 e. The Kier molecular flexibility index (Phi) is 6.02. The molecule has 1 aliphatic heterocycles. The van der Waals surface area contributed by atoms with Crippen LogP contribution in [0.2, 0.25) is 0 Å². The van der Waals surface area contributed by atoms with Crippen molar-refractivity contribution in [3.63, 3.8) is 0 Å². The molecule has 2 heterocycles. The lowest BCUT2D eigenvalue weighted by atomic mass is 10.0. The topological polar surface area (TPSA) is 71.5 Å². The summed E-state index contributed by atoms with van der Waals surface area (Å²) in [7, 11) is 0. The van der Waals surface area contributed by atoms with Gasteiger partial charge in [-0.15, -0.1) is 11.3 Å². The van der Waals surface area contributed by atoms with Crippen molar-refractivity contribution in [1.82, 2.24) is 4.98 Å². The molecule has 0 radical (unpaired) electrons. The number of amides is 2. The van der Waals surface area contributed by atoms with E-state index < -0.39 is 12.1 Å². The molecule has 2 amide bonds. The maximum absolute atomic E-state index is 13.3. The Balaban J connectivity index is 1.71. The summed E-state index contributed by atoms with van der Waals surface area (Å²) in [4.78, 5) is 33.7. The van der Waals surface area contributed by atoms with Gasteiger partial charge in [-0.2, -0.15) is 0 Å². The van der Waals surface area contributed by atoms with Crippen molar-refractivity contribution >= 4 is 34.5 Å². The Morgan fingerprint density at radius 2 is 1.91 bits per heavy atom. The first-order valence-corrected chi connectivity index (χ1v) is 11.6. The van der Waals surface area contributed by atoms with Crippen molar-refractivity contribution in [3.05, 3.63) is 57.9 Å². The van der Waals surface area contributed by atoms with E-state index in [4.69, 9.17) is 4.74 Å². The van der Waals surface area contributed by atoms with E-state index in [9.17, 15) is 9.59 Å². The van der Waals surface area contributed by atoms with Crippen LogP contribution < -0.4 is 15.0 Å². The number of benzene rings is 2. The van der Waals surface area contributed by atoms with E-state index in [0.717, 1.165) is 26.7 Å². The number of nitrogens with one attached hydrogen (secondary N) is 1. The number of nitrogens with zero attached hydrogens (tertiary/aromatic N) is 2. The minimum absolute atomic E-state index is 0.213. The zero-order chi connectivity index (χ0) is 23.0. The quantitative estimate of drug-likeness (QED) is 0.576. The Morgan fingerprint density at radius 1 is 1.19 bits per heavy atom. The van der Waals surface area contributed by atoms with E-state index in [2.05, 4.69) is 10.3 Å². The van der Waals surface area contributed by atoms with Crippen LogP contribution in [0.1, 0.15) is 35.7 Å². The molecule has 2 atom stereocenters. The zero-order valence-electron chi connectivity index (χ0n) is 18.9. The lowest BCUT2D eigenvalue weighted by Crippen LogP contribution is -2.53. The monoisotopic (exact) mass is 449 g/mol. The van der Waals surface area contributed by atoms with E-state index in [0.29, 0.717) is 23.5 Å². The van der Waals surface area contributed by atoms with Crippen LogP contribution in [0.5, 0.6) is 5.75 Å². The third kappa shape index (κ3) is 4.12. The summed E-state index contributed by atoms with van der Waals surface area (Å²) in [6.45, 7) is 9.64. The van der Waals surface area contributed by atoms with Crippen LogP contribution in [0.4, 0.5) is 11.4 Å². The maximum atomic E-state index is 13.3. The third-order valence-corrected chi connectivity index (χ3v) is 6.52. The van der Waals surface area contributed by atoms with Crippen molar-refractivity contribution in [1.29, 1.82) is 0 Å². The van der Waals surface area contributed by atoms with Gasteiger partial charge in [0.1, 0.15) is 11.8 Å². The van der Waals surface area contributed by atoms with E-state index in [1.54, 1.807) is 23.2 Å². The summed E-state index contributed by atoms with van der Waals surface area (Å²) >= 11 is 1.63. The molecule has 3 aromatic rings. The average Bonchev–Trinajstić information content (AvgIpc) is 3.12. The molecule has 166 valence electrons. The number of hydrogen-bond acceptors (Lipinski definition) is 5. The molecule has 2 unspecified atom stereocenters. The molecule has 0 spiro atoms. The first-order valence-electron chi connectivity index (χ1n) is 10.7. The summed E-state index contributed by atoms with van der Waals surface area (Å²) in [6, 6.07) is 12.6. The number of thiazole rings is 1. The van der Waals surface area contributed by atoms with Gasteiger partial charge in [0.25, 0.3) is 5.91 Å². The fourth-order valence-corrected chi connectivity index (χ4v) is 4.73. The predicted octanol–water partition coefficient (Wildman–Crippen LogP) is 5.27. The Bertz CT molecular complexity index is 1170. The highest BCUT2D eigenvalue weighted by Crippen LogP contribution is 2.40. The third-order valence-electron chi connectivity index (χ3n) is 5.63. The Morgan fingerprint density at radius 3 is 2.53 bits per heavy atom. The maximum Gasteiger partial charge on any atom is 0.268 e. The fourth-order valence-electron chi connectivity index (χ4n) is 3.89. The van der Waals surface area contributed by atoms with Crippen LogP contribution >= 0.6 is 11.3 Å². The molecule has 0 bridgehead atoms. The molecule has 0 saturated carbocycles. The number of aromatic nitrogens is 1. The number of rotatable bonds is 5. The normalized spacial score (nSPS) is 16.3. The van der Waals surface area contributed by atoms with Gasteiger partial charge >= 0.3 is 0 Å². The predicted molar refractivity (Wildman–Crippen MR) is 128 cm³/mol. The second-order valence-electron chi connectivity index (χ2n) is 8.07. The molecule has 2 aromatic carbocycles. The molecule has 0 fully saturated rings. The molecule has 1 aromatic heterocycles. The average molecular weight is 450 g/mol. The number of carbonyl (C=O) groups is 2. The van der Waals surface area contributed by atoms with Gasteiger partial charge in [-0.1, -0.05) is 24.6 Å². The second kappa shape index (κ2) is 8.74. The molecule has 0 aliphatic carbocycles. The standard InChI is InChI=1S/C25H27N3O3S/c1-6-21-25(30)28(15(3)24(29)27-19-10-7-14(2)8-11-19)20-13-18(9-12-22(20)31-21)23-16(4)32-17(5)26-23/h7-13,15,21H,6H2,1-5H3,(H,27,29). The van der Waals surface area contributed by atoms with Crippen LogP contribution in [0, 0.1) is 20.8 Å². The fraction of sp³-hybridized carbons (Fsp3) is 0.320. The van der Waals surface area contributed by atoms with Crippen molar-refractivity contribution < 1.29 is 14.3 Å². The molecule has 32 heavy (non-hydrogen) atoms. The first-order chi connectivity index (χ1) is 15.3. The molecule has 1 N–H and O–H groups in total. The number of ether oxygens (including phenoxy) is 1. The van der Waals surface area contributed by atoms with E-state index in [-0.39, 0.29) is 11.8 Å². The zero-order valence-corrected chi connectivity index (χ0v) is 19.7. The summed E-state index contributed by atoms with van der Waals surface area (Å²) in [5, 5.41) is 3.91. The molecule has 7 heteroatoms. The van der Waals surface area contributed by atoms with Gasteiger partial charge < -0.3 is 10.1 Å². The Hall–Kier alpha value is -3.19. The molecule has 4 rings (SSSR count). The van der Waals surface area contributed by atoms with Crippen LogP contribution in [-0.4, -0.2) is 28.9 Å². The van der Waals surface area contributed by atoms with E-state index in [1.165, 1.54) is 0 Å². The Labute approximate surface area is 192 Å². The van der Waals surface area contributed by atoms with Crippen LogP contribution in [0.25, 0.3) is 11.3 Å². The molecule has 6 nitrogen and oxygen atoms in total. The highest BCUT2D eigenvalue weighted by atomic mass is 32.1. The van der Waals surface area contributed by atoms with Gasteiger partial charge in [-0.05, 0) is 64.4 Å². The van der Waals surface area contributed by atoms with Crippen LogP contribution in [-0.2, 0) is 9.59 Å².